The minimum absolute atomic E-state index is 0.0870. The summed E-state index contributed by atoms with van der Waals surface area (Å²) in [5, 5.41) is 8.03. The number of carbonyl (C=O) groups is 1. The van der Waals surface area contributed by atoms with Crippen LogP contribution in [0.1, 0.15) is 30.0 Å². The first-order valence-electron chi connectivity index (χ1n) is 8.81. The molecule has 0 unspecified atom stereocenters. The first-order chi connectivity index (χ1) is 13.5. The van der Waals surface area contributed by atoms with Gasteiger partial charge in [0.25, 0.3) is 5.89 Å². The Labute approximate surface area is 163 Å². The second-order valence-electron chi connectivity index (χ2n) is 6.31. The molecule has 0 fully saturated rings. The van der Waals surface area contributed by atoms with Gasteiger partial charge in [-0.1, -0.05) is 23.8 Å². The van der Waals surface area contributed by atoms with Crippen LogP contribution in [0.15, 0.2) is 46.9 Å². The molecule has 1 heterocycles. The highest BCUT2D eigenvalue weighted by atomic mass is 16.6. The zero-order valence-corrected chi connectivity index (χ0v) is 16.3. The van der Waals surface area contributed by atoms with Crippen LogP contribution in [0.25, 0.3) is 11.5 Å². The number of hydrogen-bond acceptors (Lipinski definition) is 7. The van der Waals surface area contributed by atoms with Crippen LogP contribution in [0.4, 0.5) is 0 Å². The van der Waals surface area contributed by atoms with E-state index < -0.39 is 12.1 Å². The van der Waals surface area contributed by atoms with Gasteiger partial charge >= 0.3 is 5.97 Å². The summed E-state index contributed by atoms with van der Waals surface area (Å²) < 4.78 is 21.5. The van der Waals surface area contributed by atoms with Gasteiger partial charge in [-0.05, 0) is 43.7 Å². The number of methoxy groups -OCH3 is 2. The molecule has 7 heteroatoms. The maximum atomic E-state index is 12.3. The van der Waals surface area contributed by atoms with Gasteiger partial charge in [-0.2, -0.15) is 0 Å². The molecule has 1 aromatic heterocycles. The van der Waals surface area contributed by atoms with E-state index in [4.69, 9.17) is 18.6 Å². The molecule has 7 nitrogen and oxygen atoms in total. The van der Waals surface area contributed by atoms with Gasteiger partial charge in [0, 0.05) is 5.56 Å². The zero-order chi connectivity index (χ0) is 20.1. The Hall–Kier alpha value is -3.35. The van der Waals surface area contributed by atoms with E-state index in [1.54, 1.807) is 39.3 Å². The van der Waals surface area contributed by atoms with Gasteiger partial charge in [0.15, 0.2) is 17.6 Å². The molecule has 0 saturated heterocycles. The van der Waals surface area contributed by atoms with Gasteiger partial charge in [-0.3, -0.25) is 4.79 Å². The lowest BCUT2D eigenvalue weighted by Crippen LogP contribution is -2.12. The first-order valence-corrected chi connectivity index (χ1v) is 8.81. The molecule has 3 aromatic rings. The first kappa shape index (κ1) is 19.4. The minimum atomic E-state index is -0.653. The topological polar surface area (TPSA) is 83.7 Å². The molecule has 28 heavy (non-hydrogen) atoms. The fraction of sp³-hybridized carbons (Fsp3) is 0.286. The average molecular weight is 382 g/mol. The van der Waals surface area contributed by atoms with Gasteiger partial charge in [-0.15, -0.1) is 10.2 Å². The third kappa shape index (κ3) is 4.49. The average Bonchev–Trinajstić information content (AvgIpc) is 3.18. The fourth-order valence-electron chi connectivity index (χ4n) is 2.66. The third-order valence-corrected chi connectivity index (χ3v) is 4.19. The number of rotatable bonds is 7. The lowest BCUT2D eigenvalue weighted by atomic mass is 10.1. The maximum Gasteiger partial charge on any atom is 0.311 e. The summed E-state index contributed by atoms with van der Waals surface area (Å²) in [6, 6.07) is 13.0. The molecule has 146 valence electrons. The summed E-state index contributed by atoms with van der Waals surface area (Å²) in [6.07, 6.45) is -0.566. The highest BCUT2D eigenvalue weighted by Gasteiger charge is 2.19. The Bertz CT molecular complexity index is 950. The number of nitrogens with zero attached hydrogens (tertiary/aromatic N) is 2. The largest absolute Gasteiger partial charge is 0.493 e. The zero-order valence-electron chi connectivity index (χ0n) is 16.3. The second kappa shape index (κ2) is 8.56. The summed E-state index contributed by atoms with van der Waals surface area (Å²) in [6.45, 7) is 3.70. The van der Waals surface area contributed by atoms with Gasteiger partial charge in [0.05, 0.1) is 20.6 Å². The van der Waals surface area contributed by atoms with Gasteiger partial charge in [-0.25, -0.2) is 0 Å². The Morgan fingerprint density at radius 2 is 1.75 bits per heavy atom. The molecule has 0 aliphatic carbocycles. The molecule has 0 saturated carbocycles. The maximum absolute atomic E-state index is 12.3. The molecule has 3 rings (SSSR count). The highest BCUT2D eigenvalue weighted by molar-refractivity contribution is 5.73. The van der Waals surface area contributed by atoms with Crippen molar-refractivity contribution in [2.24, 2.45) is 0 Å². The van der Waals surface area contributed by atoms with E-state index in [0.717, 1.165) is 16.7 Å². The number of benzene rings is 2. The normalized spacial score (nSPS) is 11.7. The summed E-state index contributed by atoms with van der Waals surface area (Å²) in [7, 11) is 3.10. The number of aromatic nitrogens is 2. The number of carbonyl (C=O) groups excluding carboxylic acids is 1. The van der Waals surface area contributed by atoms with Crippen molar-refractivity contribution in [1.82, 2.24) is 10.2 Å². The lowest BCUT2D eigenvalue weighted by molar-refractivity contribution is -0.148. The predicted octanol–water partition coefficient (Wildman–Crippen LogP) is 3.91. The fourth-order valence-corrected chi connectivity index (χ4v) is 2.66. The van der Waals surface area contributed by atoms with E-state index in [9.17, 15) is 4.79 Å². The summed E-state index contributed by atoms with van der Waals surface area (Å²) in [5.74, 6) is 1.38. The van der Waals surface area contributed by atoms with Crippen LogP contribution in [0, 0.1) is 6.92 Å². The monoisotopic (exact) mass is 382 g/mol. The number of aryl methyl sites for hydroxylation is 1. The van der Waals surface area contributed by atoms with Crippen LogP contribution in [-0.2, 0) is 16.0 Å². The smallest absolute Gasteiger partial charge is 0.311 e. The summed E-state index contributed by atoms with van der Waals surface area (Å²) >= 11 is 0. The van der Waals surface area contributed by atoms with Crippen molar-refractivity contribution >= 4 is 5.97 Å². The molecular formula is C21H22N2O5. The second-order valence-corrected chi connectivity index (χ2v) is 6.31. The van der Waals surface area contributed by atoms with Gasteiger partial charge in [0.2, 0.25) is 5.89 Å². The Kier molecular flexibility index (Phi) is 5.93. The number of ether oxygens (including phenoxy) is 3. The van der Waals surface area contributed by atoms with Gasteiger partial charge < -0.3 is 18.6 Å². The van der Waals surface area contributed by atoms with Crippen molar-refractivity contribution in [2.45, 2.75) is 26.4 Å². The van der Waals surface area contributed by atoms with Crippen molar-refractivity contribution in [3.63, 3.8) is 0 Å². The molecule has 0 aliphatic heterocycles. The number of esters is 1. The van der Waals surface area contributed by atoms with Crippen LogP contribution in [-0.4, -0.2) is 30.4 Å². The number of hydrogen-bond donors (Lipinski definition) is 0. The minimum Gasteiger partial charge on any atom is -0.493 e. The van der Waals surface area contributed by atoms with Crippen molar-refractivity contribution in [2.75, 3.05) is 14.2 Å². The van der Waals surface area contributed by atoms with E-state index in [-0.39, 0.29) is 12.3 Å². The van der Waals surface area contributed by atoms with E-state index in [2.05, 4.69) is 10.2 Å². The highest BCUT2D eigenvalue weighted by Crippen LogP contribution is 2.28. The molecule has 0 amide bonds. The SMILES string of the molecule is COc1ccc(CC(=O)O[C@H](C)c2nnc(-c3ccc(C)cc3)o2)cc1OC. The molecule has 1 atom stereocenters. The van der Waals surface area contributed by atoms with E-state index in [0.29, 0.717) is 17.4 Å². The van der Waals surface area contributed by atoms with Crippen molar-refractivity contribution in [3.05, 3.63) is 59.5 Å². The third-order valence-electron chi connectivity index (χ3n) is 4.19. The molecule has 0 radical (unpaired) electrons. The van der Waals surface area contributed by atoms with Crippen LogP contribution < -0.4 is 9.47 Å². The summed E-state index contributed by atoms with van der Waals surface area (Å²) in [4.78, 5) is 12.3. The van der Waals surface area contributed by atoms with Crippen molar-refractivity contribution in [1.29, 1.82) is 0 Å². The van der Waals surface area contributed by atoms with Crippen molar-refractivity contribution < 1.29 is 23.4 Å². The van der Waals surface area contributed by atoms with E-state index in [1.807, 2.05) is 31.2 Å². The molecule has 0 spiro atoms. The Balaban J connectivity index is 1.64. The molecule has 0 aliphatic rings. The lowest BCUT2D eigenvalue weighted by Gasteiger charge is -2.11. The van der Waals surface area contributed by atoms with Crippen LogP contribution in [0.5, 0.6) is 11.5 Å². The van der Waals surface area contributed by atoms with Crippen LogP contribution in [0.3, 0.4) is 0 Å². The predicted molar refractivity (Wildman–Crippen MR) is 102 cm³/mol. The molecule has 2 aromatic carbocycles. The molecule has 0 bridgehead atoms. The summed E-state index contributed by atoms with van der Waals surface area (Å²) in [5.41, 5.74) is 2.70. The van der Waals surface area contributed by atoms with Crippen LogP contribution >= 0.6 is 0 Å². The van der Waals surface area contributed by atoms with E-state index in [1.165, 1.54) is 0 Å². The molecular weight excluding hydrogens is 360 g/mol. The van der Waals surface area contributed by atoms with Crippen molar-refractivity contribution in [3.8, 4) is 23.0 Å². The van der Waals surface area contributed by atoms with Gasteiger partial charge in [0.1, 0.15) is 0 Å². The molecule has 0 N–H and O–H groups in total. The van der Waals surface area contributed by atoms with E-state index >= 15 is 0 Å². The quantitative estimate of drug-likeness (QED) is 0.573. The Morgan fingerprint density at radius 1 is 1.04 bits per heavy atom. The van der Waals surface area contributed by atoms with Crippen LogP contribution in [0.2, 0.25) is 0 Å². The standard InChI is InChI=1S/C21H22N2O5/c1-13-5-8-16(9-6-13)21-23-22-20(28-21)14(2)27-19(24)12-15-7-10-17(25-3)18(11-15)26-4/h5-11,14H,12H2,1-4H3/t14-/m1/s1. The Morgan fingerprint density at radius 3 is 2.43 bits per heavy atom.